The molecule has 1 aromatic carbocycles. The molecule has 0 bridgehead atoms. The van der Waals surface area contributed by atoms with Gasteiger partial charge in [-0.1, -0.05) is 23.7 Å². The van der Waals surface area contributed by atoms with Crippen molar-refractivity contribution in [3.63, 3.8) is 0 Å². The van der Waals surface area contributed by atoms with Gasteiger partial charge in [0.15, 0.2) is 0 Å². The zero-order valence-corrected chi connectivity index (χ0v) is 13.3. The van der Waals surface area contributed by atoms with Crippen molar-refractivity contribution in [3.8, 4) is 5.75 Å². The Morgan fingerprint density at radius 1 is 1.45 bits per heavy atom. The number of para-hydroxylation sites is 1. The van der Waals surface area contributed by atoms with Crippen LogP contribution >= 0.6 is 11.6 Å². The van der Waals surface area contributed by atoms with Gasteiger partial charge >= 0.3 is 6.03 Å². The number of hydrogen-bond donors (Lipinski definition) is 3. The molecule has 0 saturated heterocycles. The van der Waals surface area contributed by atoms with Crippen LogP contribution in [0.5, 0.6) is 5.75 Å². The molecule has 0 spiro atoms. The Morgan fingerprint density at radius 2 is 2.23 bits per heavy atom. The zero-order valence-electron chi connectivity index (χ0n) is 12.6. The fourth-order valence-electron chi connectivity index (χ4n) is 2.98. The number of hydrogen-bond acceptors (Lipinski definition) is 3. The van der Waals surface area contributed by atoms with E-state index in [9.17, 15) is 9.90 Å². The molecule has 1 aliphatic heterocycles. The molecule has 0 aromatic heterocycles. The Labute approximate surface area is 135 Å². The molecular formula is C16H21ClN2O3. The molecule has 1 aromatic rings. The molecule has 1 heterocycles. The third-order valence-corrected chi connectivity index (χ3v) is 4.83. The van der Waals surface area contributed by atoms with Crippen molar-refractivity contribution in [3.05, 3.63) is 28.8 Å². The van der Waals surface area contributed by atoms with Gasteiger partial charge in [-0.15, -0.1) is 0 Å². The Hall–Kier alpha value is -1.46. The number of amides is 2. The van der Waals surface area contributed by atoms with Crippen LogP contribution in [0.15, 0.2) is 18.2 Å². The summed E-state index contributed by atoms with van der Waals surface area (Å²) in [6.45, 7) is 2.35. The second-order valence-electron chi connectivity index (χ2n) is 6.30. The summed E-state index contributed by atoms with van der Waals surface area (Å²) in [6, 6.07) is 5.15. The first-order chi connectivity index (χ1) is 10.5. The van der Waals surface area contributed by atoms with E-state index in [1.807, 2.05) is 19.1 Å². The maximum absolute atomic E-state index is 12.3. The number of benzene rings is 1. The number of aliphatic hydroxyl groups excluding tert-OH is 1. The molecule has 5 nitrogen and oxygen atoms in total. The van der Waals surface area contributed by atoms with Gasteiger partial charge in [0.2, 0.25) is 0 Å². The van der Waals surface area contributed by atoms with Gasteiger partial charge in [-0.25, -0.2) is 4.79 Å². The summed E-state index contributed by atoms with van der Waals surface area (Å²) in [5.74, 6) is 1.01. The van der Waals surface area contributed by atoms with Crippen LogP contribution in [0.4, 0.5) is 4.79 Å². The standard InChI is InChI=1S/C16H21ClN2O3/c1-16(9-20,10-5-6-10)19-15(21)18-13-7-8-22-14-11(13)3-2-4-12(14)17/h2-4,10,13,20H,5-9H2,1H3,(H2,18,19,21). The monoisotopic (exact) mass is 324 g/mol. The van der Waals surface area contributed by atoms with Gasteiger partial charge in [0.25, 0.3) is 0 Å². The summed E-state index contributed by atoms with van der Waals surface area (Å²) < 4.78 is 5.59. The fraction of sp³-hybridized carbons (Fsp3) is 0.562. The van der Waals surface area contributed by atoms with Crippen molar-refractivity contribution < 1.29 is 14.6 Å². The molecule has 1 saturated carbocycles. The number of fused-ring (bicyclic) bond motifs is 1. The lowest BCUT2D eigenvalue weighted by molar-refractivity contribution is 0.152. The number of nitrogens with one attached hydrogen (secondary N) is 2. The average Bonchev–Trinajstić information content (AvgIpc) is 3.33. The lowest BCUT2D eigenvalue weighted by Crippen LogP contribution is -2.54. The number of carbonyl (C=O) groups is 1. The quantitative estimate of drug-likeness (QED) is 0.797. The third kappa shape index (κ3) is 3.01. The molecule has 2 amide bonds. The Bertz CT molecular complexity index is 577. The highest BCUT2D eigenvalue weighted by atomic mass is 35.5. The first-order valence-corrected chi connectivity index (χ1v) is 8.02. The highest BCUT2D eigenvalue weighted by Crippen LogP contribution is 2.40. The van der Waals surface area contributed by atoms with Crippen molar-refractivity contribution in [1.29, 1.82) is 0 Å². The van der Waals surface area contributed by atoms with Crippen LogP contribution in [-0.4, -0.2) is 29.9 Å². The van der Waals surface area contributed by atoms with E-state index in [4.69, 9.17) is 16.3 Å². The summed E-state index contributed by atoms with van der Waals surface area (Å²) in [5, 5.41) is 16.0. The van der Waals surface area contributed by atoms with Crippen LogP contribution in [0.2, 0.25) is 5.02 Å². The average molecular weight is 325 g/mol. The van der Waals surface area contributed by atoms with Gasteiger partial charge < -0.3 is 20.5 Å². The highest BCUT2D eigenvalue weighted by Gasteiger charge is 2.42. The van der Waals surface area contributed by atoms with Gasteiger partial charge in [0, 0.05) is 12.0 Å². The summed E-state index contributed by atoms with van der Waals surface area (Å²) >= 11 is 6.14. The molecule has 2 unspecified atom stereocenters. The molecular weight excluding hydrogens is 304 g/mol. The van der Waals surface area contributed by atoms with E-state index >= 15 is 0 Å². The largest absolute Gasteiger partial charge is 0.492 e. The molecule has 3 rings (SSSR count). The summed E-state index contributed by atoms with van der Waals surface area (Å²) in [6.07, 6.45) is 2.79. The Kier molecular flexibility index (Phi) is 4.19. The minimum Gasteiger partial charge on any atom is -0.492 e. The van der Waals surface area contributed by atoms with E-state index < -0.39 is 5.54 Å². The minimum absolute atomic E-state index is 0.0543. The van der Waals surface area contributed by atoms with E-state index in [1.165, 1.54) is 0 Å². The van der Waals surface area contributed by atoms with E-state index in [0.717, 1.165) is 18.4 Å². The van der Waals surface area contributed by atoms with Crippen molar-refractivity contribution in [2.45, 2.75) is 37.8 Å². The predicted octanol–water partition coefficient (Wildman–Crippen LogP) is 2.62. The maximum Gasteiger partial charge on any atom is 0.315 e. The number of aliphatic hydroxyl groups is 1. The zero-order chi connectivity index (χ0) is 15.7. The molecule has 0 radical (unpaired) electrons. The molecule has 3 N–H and O–H groups in total. The van der Waals surface area contributed by atoms with Crippen LogP contribution < -0.4 is 15.4 Å². The second kappa shape index (κ2) is 5.97. The molecule has 6 heteroatoms. The van der Waals surface area contributed by atoms with Gasteiger partial charge in [0.05, 0.1) is 29.8 Å². The second-order valence-corrected chi connectivity index (χ2v) is 6.70. The van der Waals surface area contributed by atoms with Crippen LogP contribution in [-0.2, 0) is 0 Å². The molecule has 1 aliphatic carbocycles. The van der Waals surface area contributed by atoms with Crippen LogP contribution in [0.3, 0.4) is 0 Å². The maximum atomic E-state index is 12.3. The molecule has 22 heavy (non-hydrogen) atoms. The molecule has 120 valence electrons. The lowest BCUT2D eigenvalue weighted by Gasteiger charge is -2.32. The number of carbonyl (C=O) groups excluding carboxylic acids is 1. The van der Waals surface area contributed by atoms with Gasteiger partial charge in [0.1, 0.15) is 5.75 Å². The van der Waals surface area contributed by atoms with E-state index in [2.05, 4.69) is 10.6 Å². The first-order valence-electron chi connectivity index (χ1n) is 7.64. The topological polar surface area (TPSA) is 70.6 Å². The summed E-state index contributed by atoms with van der Waals surface area (Å²) in [5.41, 5.74) is 0.345. The smallest absolute Gasteiger partial charge is 0.315 e. The van der Waals surface area contributed by atoms with Gasteiger partial charge in [-0.3, -0.25) is 0 Å². The number of halogens is 1. The summed E-state index contributed by atoms with van der Waals surface area (Å²) in [4.78, 5) is 12.3. The molecule has 1 fully saturated rings. The number of rotatable bonds is 4. The summed E-state index contributed by atoms with van der Waals surface area (Å²) in [7, 11) is 0. The van der Waals surface area contributed by atoms with Crippen LogP contribution in [0.25, 0.3) is 0 Å². The lowest BCUT2D eigenvalue weighted by atomic mass is 9.97. The third-order valence-electron chi connectivity index (χ3n) is 4.54. The predicted molar refractivity (Wildman–Crippen MR) is 84.2 cm³/mol. The van der Waals surface area contributed by atoms with Crippen molar-refractivity contribution in [2.75, 3.05) is 13.2 Å². The van der Waals surface area contributed by atoms with Gasteiger partial charge in [-0.2, -0.15) is 0 Å². The number of urea groups is 1. The normalized spacial score (nSPS) is 23.0. The molecule has 2 aliphatic rings. The van der Waals surface area contributed by atoms with Gasteiger partial charge in [-0.05, 0) is 31.7 Å². The van der Waals surface area contributed by atoms with E-state index in [1.54, 1.807) is 6.07 Å². The van der Waals surface area contributed by atoms with Crippen LogP contribution in [0, 0.1) is 5.92 Å². The van der Waals surface area contributed by atoms with E-state index in [-0.39, 0.29) is 18.7 Å². The fourth-order valence-corrected chi connectivity index (χ4v) is 3.22. The van der Waals surface area contributed by atoms with E-state index in [0.29, 0.717) is 29.7 Å². The highest BCUT2D eigenvalue weighted by molar-refractivity contribution is 6.32. The molecule has 2 atom stereocenters. The first kappa shape index (κ1) is 15.4. The SMILES string of the molecule is CC(CO)(NC(=O)NC1CCOc2c(Cl)cccc21)C1CC1. The van der Waals surface area contributed by atoms with Crippen molar-refractivity contribution in [1.82, 2.24) is 10.6 Å². The Balaban J connectivity index is 1.69. The Morgan fingerprint density at radius 3 is 2.91 bits per heavy atom. The van der Waals surface area contributed by atoms with Crippen LogP contribution in [0.1, 0.15) is 37.8 Å². The minimum atomic E-state index is -0.549. The number of ether oxygens (including phenoxy) is 1. The van der Waals surface area contributed by atoms with Crippen molar-refractivity contribution in [2.24, 2.45) is 5.92 Å². The van der Waals surface area contributed by atoms with Crippen molar-refractivity contribution >= 4 is 17.6 Å².